The lowest BCUT2D eigenvalue weighted by atomic mass is 10.1. The van der Waals surface area contributed by atoms with Gasteiger partial charge < -0.3 is 30.3 Å². The molecule has 0 aliphatic carbocycles. The molecule has 1 aromatic rings. The number of hydrogen-bond acceptors (Lipinski definition) is 7. The molecule has 2 amide bonds. The number of aliphatic carboxylic acids is 1. The molecule has 10 heteroatoms. The van der Waals surface area contributed by atoms with Crippen molar-refractivity contribution in [1.29, 1.82) is 0 Å². The van der Waals surface area contributed by atoms with Crippen LogP contribution in [0.25, 0.3) is 0 Å². The van der Waals surface area contributed by atoms with Gasteiger partial charge in [-0.15, -0.1) is 0 Å². The van der Waals surface area contributed by atoms with Gasteiger partial charge in [0.2, 0.25) is 5.91 Å². The summed E-state index contributed by atoms with van der Waals surface area (Å²) < 4.78 is 10.8. The number of allylic oxidation sites excluding steroid dienone is 5. The molecule has 4 N–H and O–H groups in total. The van der Waals surface area contributed by atoms with Gasteiger partial charge in [0.15, 0.2) is 6.29 Å². The van der Waals surface area contributed by atoms with Crippen LogP contribution in [0.1, 0.15) is 92.6 Å². The van der Waals surface area contributed by atoms with Crippen molar-refractivity contribution in [1.82, 2.24) is 10.6 Å². The Morgan fingerprint density at radius 2 is 1.51 bits per heavy atom. The quantitative estimate of drug-likeness (QED) is 0.0682. The number of alkyl carbamates (subject to hydrolysis) is 1. The number of amides is 2. The Kier molecular flexibility index (Phi) is 19.2. The summed E-state index contributed by atoms with van der Waals surface area (Å²) in [6, 6.07) is 7.02. The average molecular weight is 647 g/mol. The van der Waals surface area contributed by atoms with Crippen LogP contribution in [0, 0.1) is 0 Å². The largest absolute Gasteiger partial charge is 0.480 e. The second-order valence-corrected chi connectivity index (χ2v) is 13.5. The third-order valence-corrected chi connectivity index (χ3v) is 7.54. The molecule has 1 rings (SSSR count). The van der Waals surface area contributed by atoms with Gasteiger partial charge in [0.25, 0.3) is 0 Å². The molecule has 1 aromatic carbocycles. The van der Waals surface area contributed by atoms with Crippen molar-refractivity contribution in [2.45, 2.75) is 118 Å². The lowest BCUT2D eigenvalue weighted by Crippen LogP contribution is -2.53. The first-order chi connectivity index (χ1) is 21.2. The molecule has 0 aliphatic heterocycles. The highest BCUT2D eigenvalue weighted by Crippen LogP contribution is 2.14. The summed E-state index contributed by atoms with van der Waals surface area (Å²) in [5, 5.41) is 25.2. The fraction of sp³-hybridized carbons (Fsp3) is 0.571. The van der Waals surface area contributed by atoms with Gasteiger partial charge in [0.05, 0.1) is 6.61 Å². The van der Waals surface area contributed by atoms with Gasteiger partial charge in [-0.05, 0) is 86.1 Å². The predicted molar refractivity (Wildman–Crippen MR) is 182 cm³/mol. The molecule has 0 fully saturated rings. The Morgan fingerprint density at radius 3 is 2.11 bits per heavy atom. The average Bonchev–Trinajstić information content (AvgIpc) is 2.94. The lowest BCUT2D eigenvalue weighted by molar-refractivity contribution is -0.141. The number of carbonyl (C=O) groups excluding carboxylic acids is 2. The minimum absolute atomic E-state index is 0.00527. The first kappa shape index (κ1) is 39.9. The predicted octanol–water partition coefficient (Wildman–Crippen LogP) is 6.92. The minimum Gasteiger partial charge on any atom is -0.480 e. The number of rotatable bonds is 20. The highest BCUT2D eigenvalue weighted by Gasteiger charge is 2.29. The van der Waals surface area contributed by atoms with Crippen LogP contribution in [0.4, 0.5) is 4.79 Å². The van der Waals surface area contributed by atoms with E-state index in [9.17, 15) is 24.6 Å². The Labute approximate surface area is 273 Å². The van der Waals surface area contributed by atoms with E-state index in [1.54, 1.807) is 20.8 Å². The standard InChI is InChI=1S/C35H54N2O7S/c1-25(2)13-11-14-26(3)15-12-16-27(4)21-22-45-24-30(33(40)41)36-32(39)29(37-34(42)44-35(5,6)7)19-20-31(38)43-23-28-17-9-8-10-18-28/h8-10,13,15,17-18,21,29-31,38H,11-12,14,16,19-20,22-24H2,1-7H3,(H,36,39)(H,37,42)(H,40,41). The molecule has 3 unspecified atom stereocenters. The number of thioether (sulfide) groups is 1. The first-order valence-corrected chi connectivity index (χ1v) is 16.7. The molecular formula is C35H54N2O7S. The van der Waals surface area contributed by atoms with Crippen LogP contribution in [0.5, 0.6) is 0 Å². The Hall–Kier alpha value is -3.08. The Balaban J connectivity index is 2.68. The highest BCUT2D eigenvalue weighted by molar-refractivity contribution is 7.99. The van der Waals surface area contributed by atoms with Crippen molar-refractivity contribution < 1.29 is 34.1 Å². The van der Waals surface area contributed by atoms with Crippen LogP contribution in [0.2, 0.25) is 0 Å². The smallest absolute Gasteiger partial charge is 0.408 e. The number of carboxylic acids is 1. The molecule has 0 saturated carbocycles. The lowest BCUT2D eigenvalue weighted by Gasteiger charge is -2.25. The molecule has 3 atom stereocenters. The van der Waals surface area contributed by atoms with Crippen molar-refractivity contribution in [3.63, 3.8) is 0 Å². The van der Waals surface area contributed by atoms with Gasteiger partial charge in [0, 0.05) is 17.9 Å². The molecule has 0 heterocycles. The molecule has 252 valence electrons. The molecule has 0 bridgehead atoms. The van der Waals surface area contributed by atoms with Crippen LogP contribution < -0.4 is 10.6 Å². The van der Waals surface area contributed by atoms with Crippen LogP contribution in [0.3, 0.4) is 0 Å². The summed E-state index contributed by atoms with van der Waals surface area (Å²) in [6.07, 6.45) is 8.63. The van der Waals surface area contributed by atoms with Gasteiger partial charge in [-0.3, -0.25) is 4.79 Å². The number of nitrogens with one attached hydrogen (secondary N) is 2. The number of benzene rings is 1. The summed E-state index contributed by atoms with van der Waals surface area (Å²) in [5.74, 6) is -1.09. The molecule has 0 aliphatic rings. The minimum atomic E-state index is -1.19. The van der Waals surface area contributed by atoms with E-state index in [2.05, 4.69) is 56.6 Å². The molecule has 45 heavy (non-hydrogen) atoms. The van der Waals surface area contributed by atoms with Crippen LogP contribution in [0.15, 0.2) is 65.3 Å². The molecule has 0 saturated heterocycles. The van der Waals surface area contributed by atoms with Crippen molar-refractivity contribution in [2.24, 2.45) is 0 Å². The monoisotopic (exact) mass is 646 g/mol. The van der Waals surface area contributed by atoms with E-state index in [4.69, 9.17) is 9.47 Å². The maximum absolute atomic E-state index is 13.2. The fourth-order valence-corrected chi connectivity index (χ4v) is 5.05. The van der Waals surface area contributed by atoms with E-state index in [-0.39, 0.29) is 25.2 Å². The Bertz CT molecular complexity index is 1140. The maximum atomic E-state index is 13.2. The van der Waals surface area contributed by atoms with Gasteiger partial charge >= 0.3 is 12.1 Å². The van der Waals surface area contributed by atoms with Crippen LogP contribution in [-0.4, -0.2) is 63.7 Å². The molecule has 9 nitrogen and oxygen atoms in total. The fourth-order valence-electron chi connectivity index (χ4n) is 4.05. The second kappa shape index (κ2) is 21.6. The topological polar surface area (TPSA) is 134 Å². The van der Waals surface area contributed by atoms with E-state index in [0.29, 0.717) is 5.75 Å². The summed E-state index contributed by atoms with van der Waals surface area (Å²) in [4.78, 5) is 37.6. The third-order valence-electron chi connectivity index (χ3n) is 6.57. The number of carboxylic acid groups (broad SMARTS) is 1. The number of aliphatic hydroxyl groups excluding tert-OH is 1. The normalized spacial score (nSPS) is 14.2. The first-order valence-electron chi connectivity index (χ1n) is 15.5. The van der Waals surface area contributed by atoms with E-state index >= 15 is 0 Å². The summed E-state index contributed by atoms with van der Waals surface area (Å²) in [6.45, 7) is 13.7. The zero-order chi connectivity index (χ0) is 33.8. The number of hydrogen-bond donors (Lipinski definition) is 4. The van der Waals surface area contributed by atoms with Crippen molar-refractivity contribution in [3.05, 3.63) is 70.8 Å². The molecular weight excluding hydrogens is 592 g/mol. The van der Waals surface area contributed by atoms with E-state index < -0.39 is 41.9 Å². The Morgan fingerprint density at radius 1 is 0.889 bits per heavy atom. The SMILES string of the molecule is CC(C)=CCCC(C)=CCCC(C)=CCSCC(NC(=O)C(CCC(O)OCc1ccccc1)NC(=O)OC(C)(C)C)C(=O)O. The summed E-state index contributed by atoms with van der Waals surface area (Å²) >= 11 is 1.40. The van der Waals surface area contributed by atoms with Crippen LogP contribution in [-0.2, 0) is 25.7 Å². The number of ether oxygens (including phenoxy) is 2. The van der Waals surface area contributed by atoms with Gasteiger partial charge in [-0.25, -0.2) is 9.59 Å². The highest BCUT2D eigenvalue weighted by atomic mass is 32.2. The van der Waals surface area contributed by atoms with E-state index in [1.807, 2.05) is 30.3 Å². The van der Waals surface area contributed by atoms with Crippen molar-refractivity contribution in [2.75, 3.05) is 11.5 Å². The van der Waals surface area contributed by atoms with Gasteiger partial charge in [-0.2, -0.15) is 11.8 Å². The van der Waals surface area contributed by atoms with Crippen molar-refractivity contribution >= 4 is 29.7 Å². The zero-order valence-electron chi connectivity index (χ0n) is 28.1. The molecule has 0 spiro atoms. The molecule has 0 radical (unpaired) electrons. The number of aliphatic hydroxyl groups is 1. The summed E-state index contributed by atoms with van der Waals surface area (Å²) in [5.41, 5.74) is 4.02. The second-order valence-electron chi connectivity index (χ2n) is 12.4. The van der Waals surface area contributed by atoms with Crippen LogP contribution >= 0.6 is 11.8 Å². The summed E-state index contributed by atoms with van der Waals surface area (Å²) in [7, 11) is 0. The van der Waals surface area contributed by atoms with Gasteiger partial charge in [-0.1, -0.05) is 65.3 Å². The van der Waals surface area contributed by atoms with Crippen molar-refractivity contribution in [3.8, 4) is 0 Å². The van der Waals surface area contributed by atoms with E-state index in [0.717, 1.165) is 31.2 Å². The maximum Gasteiger partial charge on any atom is 0.408 e. The van der Waals surface area contributed by atoms with Gasteiger partial charge in [0.1, 0.15) is 17.7 Å². The zero-order valence-corrected chi connectivity index (χ0v) is 28.9. The molecule has 0 aromatic heterocycles. The third kappa shape index (κ3) is 20.6. The van der Waals surface area contributed by atoms with E-state index in [1.165, 1.54) is 28.5 Å². The number of carbonyl (C=O) groups is 3.